The number of carbonyl (C=O) groups excluding carboxylic acids is 1. The third-order valence-electron chi connectivity index (χ3n) is 3.97. The van der Waals surface area contributed by atoms with E-state index in [4.69, 9.17) is 16.3 Å². The molecule has 0 radical (unpaired) electrons. The van der Waals surface area contributed by atoms with E-state index in [2.05, 4.69) is 6.92 Å². The number of rotatable bonds is 4. The molecule has 1 fully saturated rings. The van der Waals surface area contributed by atoms with E-state index in [1.54, 1.807) is 4.90 Å². The van der Waals surface area contributed by atoms with Crippen molar-refractivity contribution in [1.29, 1.82) is 0 Å². The van der Waals surface area contributed by atoms with Crippen molar-refractivity contribution in [3.8, 4) is 11.5 Å². The van der Waals surface area contributed by atoms with Crippen LogP contribution in [-0.4, -0.2) is 17.8 Å². The molecule has 2 aromatic rings. The van der Waals surface area contributed by atoms with Crippen molar-refractivity contribution in [2.45, 2.75) is 18.7 Å². The molecule has 4 heteroatoms. The molecule has 0 saturated carbocycles. The lowest BCUT2D eigenvalue weighted by Gasteiger charge is -2.17. The summed E-state index contributed by atoms with van der Waals surface area (Å²) in [6.07, 6.45) is 0.899. The predicted octanol–water partition coefficient (Wildman–Crippen LogP) is 4.46. The second kappa shape index (κ2) is 6.41. The molecule has 1 aliphatic heterocycles. The Morgan fingerprint density at radius 2 is 1.86 bits per heavy atom. The zero-order valence-corrected chi connectivity index (χ0v) is 13.2. The molecule has 1 aliphatic rings. The Labute approximate surface area is 135 Å². The fraction of sp³-hybridized carbons (Fsp3) is 0.278. The second-order valence-corrected chi connectivity index (χ2v) is 5.90. The summed E-state index contributed by atoms with van der Waals surface area (Å²) >= 11 is 6.22. The number of hydrogen-bond donors (Lipinski definition) is 0. The highest BCUT2D eigenvalue weighted by molar-refractivity contribution is 6.34. The molecular formula is C18H18ClNO2. The largest absolute Gasteiger partial charge is 0.457 e. The number of benzene rings is 2. The van der Waals surface area contributed by atoms with Gasteiger partial charge in [0, 0.05) is 24.2 Å². The van der Waals surface area contributed by atoms with E-state index in [9.17, 15) is 4.79 Å². The molecule has 0 aromatic heterocycles. The van der Waals surface area contributed by atoms with Crippen LogP contribution in [0.15, 0.2) is 54.6 Å². The van der Waals surface area contributed by atoms with Gasteiger partial charge in [-0.05, 0) is 30.7 Å². The number of ether oxygens (including phenoxy) is 1. The van der Waals surface area contributed by atoms with E-state index in [1.165, 1.54) is 0 Å². The van der Waals surface area contributed by atoms with Gasteiger partial charge >= 0.3 is 0 Å². The monoisotopic (exact) mass is 315 g/mol. The number of amides is 1. The van der Waals surface area contributed by atoms with Gasteiger partial charge in [0.2, 0.25) is 5.91 Å². The highest BCUT2D eigenvalue weighted by atomic mass is 35.5. The van der Waals surface area contributed by atoms with E-state index in [1.807, 2.05) is 54.6 Å². The summed E-state index contributed by atoms with van der Waals surface area (Å²) < 4.78 is 5.82. The molecule has 2 unspecified atom stereocenters. The van der Waals surface area contributed by atoms with E-state index in [-0.39, 0.29) is 11.8 Å². The van der Waals surface area contributed by atoms with Crippen molar-refractivity contribution in [2.24, 2.45) is 5.92 Å². The summed E-state index contributed by atoms with van der Waals surface area (Å²) in [4.78, 5) is 14.1. The van der Waals surface area contributed by atoms with Crippen LogP contribution < -0.4 is 9.64 Å². The van der Waals surface area contributed by atoms with E-state index in [0.717, 1.165) is 17.9 Å². The Bertz CT molecular complexity index is 659. The molecule has 0 spiro atoms. The first-order valence-electron chi connectivity index (χ1n) is 7.47. The van der Waals surface area contributed by atoms with Crippen molar-refractivity contribution >= 4 is 23.2 Å². The standard InChI is InChI=1S/C18H18ClNO2/c1-2-13-12-20(18(21)17(13)19)14-7-6-10-16(11-14)22-15-8-4-3-5-9-15/h3-11,13,17H,2,12H2,1H3. The number of carbonyl (C=O) groups is 1. The van der Waals surface area contributed by atoms with Gasteiger partial charge in [0.1, 0.15) is 16.9 Å². The van der Waals surface area contributed by atoms with Crippen LogP contribution in [0.2, 0.25) is 0 Å². The molecule has 3 rings (SSSR count). The Balaban J connectivity index is 1.81. The van der Waals surface area contributed by atoms with Gasteiger partial charge in [-0.1, -0.05) is 31.2 Å². The van der Waals surface area contributed by atoms with E-state index >= 15 is 0 Å². The quantitative estimate of drug-likeness (QED) is 0.780. The van der Waals surface area contributed by atoms with Gasteiger partial charge < -0.3 is 9.64 Å². The normalized spacial score (nSPS) is 21.2. The van der Waals surface area contributed by atoms with Gasteiger partial charge in [0.15, 0.2) is 0 Å². The first-order valence-corrected chi connectivity index (χ1v) is 7.91. The van der Waals surface area contributed by atoms with Crippen LogP contribution in [0.5, 0.6) is 11.5 Å². The van der Waals surface area contributed by atoms with E-state index < -0.39 is 5.38 Å². The maximum absolute atomic E-state index is 12.3. The lowest BCUT2D eigenvalue weighted by molar-refractivity contribution is -0.117. The topological polar surface area (TPSA) is 29.5 Å². The molecule has 1 amide bonds. The van der Waals surface area contributed by atoms with Crippen molar-refractivity contribution in [2.75, 3.05) is 11.4 Å². The molecular weight excluding hydrogens is 298 g/mol. The molecule has 0 N–H and O–H groups in total. The second-order valence-electron chi connectivity index (χ2n) is 5.43. The summed E-state index contributed by atoms with van der Waals surface area (Å²) in [6, 6.07) is 17.2. The highest BCUT2D eigenvalue weighted by Crippen LogP contribution is 2.33. The smallest absolute Gasteiger partial charge is 0.245 e. The average molecular weight is 316 g/mol. The SMILES string of the molecule is CCC1CN(c2cccc(Oc3ccccc3)c2)C(=O)C1Cl. The molecule has 0 bridgehead atoms. The third-order valence-corrected chi connectivity index (χ3v) is 4.51. The van der Waals surface area contributed by atoms with Crippen molar-refractivity contribution in [1.82, 2.24) is 0 Å². The Morgan fingerprint density at radius 1 is 1.14 bits per heavy atom. The van der Waals surface area contributed by atoms with Gasteiger partial charge in [-0.25, -0.2) is 0 Å². The first-order chi connectivity index (χ1) is 10.7. The number of anilines is 1. The Morgan fingerprint density at radius 3 is 2.55 bits per heavy atom. The fourth-order valence-corrected chi connectivity index (χ4v) is 3.05. The molecule has 0 aliphatic carbocycles. The molecule has 1 heterocycles. The molecule has 114 valence electrons. The summed E-state index contributed by atoms with van der Waals surface area (Å²) in [5.74, 6) is 1.66. The number of halogens is 1. The van der Waals surface area contributed by atoms with Crippen LogP contribution in [0.4, 0.5) is 5.69 Å². The van der Waals surface area contributed by atoms with E-state index in [0.29, 0.717) is 12.3 Å². The lowest BCUT2D eigenvalue weighted by atomic mass is 10.1. The van der Waals surface area contributed by atoms with Crippen LogP contribution in [0.3, 0.4) is 0 Å². The zero-order chi connectivity index (χ0) is 15.5. The summed E-state index contributed by atoms with van der Waals surface area (Å²) in [5.41, 5.74) is 0.833. The molecule has 2 aromatic carbocycles. The van der Waals surface area contributed by atoms with Gasteiger partial charge in [-0.15, -0.1) is 11.6 Å². The minimum absolute atomic E-state index is 0.0228. The third kappa shape index (κ3) is 2.95. The molecule has 22 heavy (non-hydrogen) atoms. The fourth-order valence-electron chi connectivity index (χ4n) is 2.68. The van der Waals surface area contributed by atoms with Gasteiger partial charge in [-0.3, -0.25) is 4.79 Å². The number of alkyl halides is 1. The molecule has 2 atom stereocenters. The predicted molar refractivity (Wildman–Crippen MR) is 88.7 cm³/mol. The number of hydrogen-bond acceptors (Lipinski definition) is 2. The average Bonchev–Trinajstić information content (AvgIpc) is 2.84. The molecule has 3 nitrogen and oxygen atoms in total. The summed E-state index contributed by atoms with van der Waals surface area (Å²) in [5, 5.41) is -0.427. The van der Waals surface area contributed by atoms with Crippen molar-refractivity contribution in [3.05, 3.63) is 54.6 Å². The van der Waals surface area contributed by atoms with Crippen LogP contribution in [0.1, 0.15) is 13.3 Å². The van der Waals surface area contributed by atoms with Gasteiger partial charge in [0.05, 0.1) is 0 Å². The van der Waals surface area contributed by atoms with Gasteiger partial charge in [0.25, 0.3) is 0 Å². The van der Waals surface area contributed by atoms with Crippen LogP contribution in [-0.2, 0) is 4.79 Å². The van der Waals surface area contributed by atoms with Gasteiger partial charge in [-0.2, -0.15) is 0 Å². The zero-order valence-electron chi connectivity index (χ0n) is 12.4. The number of nitrogens with zero attached hydrogens (tertiary/aromatic N) is 1. The summed E-state index contributed by atoms with van der Waals surface area (Å²) in [6.45, 7) is 2.73. The minimum Gasteiger partial charge on any atom is -0.457 e. The Kier molecular flexibility index (Phi) is 4.34. The van der Waals surface area contributed by atoms with Crippen molar-refractivity contribution < 1.29 is 9.53 Å². The first kappa shape index (κ1) is 14.9. The van der Waals surface area contributed by atoms with Crippen LogP contribution in [0.25, 0.3) is 0 Å². The molecule has 1 saturated heterocycles. The maximum atomic E-state index is 12.3. The highest BCUT2D eigenvalue weighted by Gasteiger charge is 2.38. The van der Waals surface area contributed by atoms with Crippen LogP contribution in [0, 0.1) is 5.92 Å². The van der Waals surface area contributed by atoms with Crippen LogP contribution >= 0.6 is 11.6 Å². The number of para-hydroxylation sites is 1. The minimum atomic E-state index is -0.427. The lowest BCUT2D eigenvalue weighted by Crippen LogP contribution is -2.27. The maximum Gasteiger partial charge on any atom is 0.245 e. The Hall–Kier alpha value is -2.00. The van der Waals surface area contributed by atoms with Crippen molar-refractivity contribution in [3.63, 3.8) is 0 Å². The summed E-state index contributed by atoms with van der Waals surface area (Å²) in [7, 11) is 0.